The highest BCUT2D eigenvalue weighted by Crippen LogP contribution is 2.77. The molecule has 5 saturated carbocycles. The summed E-state index contributed by atoms with van der Waals surface area (Å²) in [6.45, 7) is 21.1. The molecule has 5 aliphatic rings. The number of ether oxygens (including phenoxy) is 2. The van der Waals surface area contributed by atoms with Crippen molar-refractivity contribution in [2.45, 2.75) is 132 Å². The summed E-state index contributed by atoms with van der Waals surface area (Å²) >= 11 is 0. The number of rotatable bonds is 7. The average Bonchev–Trinajstić information content (AvgIpc) is 3.28. The lowest BCUT2D eigenvalue weighted by Crippen LogP contribution is -2.67. The van der Waals surface area contributed by atoms with Gasteiger partial charge in [-0.1, -0.05) is 46.8 Å². The van der Waals surface area contributed by atoms with Crippen molar-refractivity contribution in [2.24, 2.45) is 56.7 Å². The summed E-state index contributed by atoms with van der Waals surface area (Å²) in [4.78, 5) is 35.5. The van der Waals surface area contributed by atoms with E-state index in [4.69, 9.17) is 14.6 Å². The molecule has 6 heteroatoms. The molecule has 1 N–H and O–H groups in total. The maximum atomic E-state index is 12.5. The van der Waals surface area contributed by atoms with Crippen LogP contribution in [0, 0.1) is 56.7 Å². The summed E-state index contributed by atoms with van der Waals surface area (Å²) in [7, 11) is 0. The minimum absolute atomic E-state index is 0.00678. The number of carboxylic acid groups (broad SMARTS) is 1. The maximum Gasteiger partial charge on any atom is 0.306 e. The lowest BCUT2D eigenvalue weighted by Gasteiger charge is -2.73. The van der Waals surface area contributed by atoms with Gasteiger partial charge in [0, 0.05) is 17.8 Å². The molecular weight excluding hydrogens is 528 g/mol. The topological polar surface area (TPSA) is 89.9 Å². The quantitative estimate of drug-likeness (QED) is 0.241. The van der Waals surface area contributed by atoms with Crippen molar-refractivity contribution in [1.29, 1.82) is 0 Å². The van der Waals surface area contributed by atoms with E-state index in [1.165, 1.54) is 31.3 Å². The van der Waals surface area contributed by atoms with Crippen molar-refractivity contribution >= 4 is 17.9 Å². The van der Waals surface area contributed by atoms with E-state index < -0.39 is 5.97 Å². The zero-order valence-electron chi connectivity index (χ0n) is 27.4. The monoisotopic (exact) mass is 584 g/mol. The van der Waals surface area contributed by atoms with Gasteiger partial charge in [0.15, 0.2) is 0 Å². The van der Waals surface area contributed by atoms with Gasteiger partial charge in [-0.3, -0.25) is 14.4 Å². The van der Waals surface area contributed by atoms with Crippen molar-refractivity contribution in [2.75, 3.05) is 6.61 Å². The molecule has 0 unspecified atom stereocenters. The number of hydrogen-bond acceptors (Lipinski definition) is 5. The fourth-order valence-corrected chi connectivity index (χ4v) is 12.4. The summed E-state index contributed by atoms with van der Waals surface area (Å²) in [5, 5.41) is 9.03. The molecule has 0 aromatic rings. The van der Waals surface area contributed by atoms with Crippen molar-refractivity contribution in [1.82, 2.24) is 0 Å². The molecule has 0 aliphatic heterocycles. The van der Waals surface area contributed by atoms with Crippen molar-refractivity contribution < 1.29 is 29.0 Å². The minimum Gasteiger partial charge on any atom is -0.481 e. The molecule has 0 bridgehead atoms. The van der Waals surface area contributed by atoms with E-state index in [9.17, 15) is 14.4 Å². The van der Waals surface area contributed by atoms with Gasteiger partial charge < -0.3 is 14.6 Å². The van der Waals surface area contributed by atoms with Crippen LogP contribution in [0.25, 0.3) is 0 Å². The van der Waals surface area contributed by atoms with E-state index in [1.54, 1.807) is 6.92 Å². The molecule has 0 heterocycles. The molecule has 236 valence electrons. The van der Waals surface area contributed by atoms with Gasteiger partial charge in [0.2, 0.25) is 0 Å². The van der Waals surface area contributed by atoms with Crippen LogP contribution < -0.4 is 0 Å². The Bertz CT molecular complexity index is 1130. The molecule has 5 fully saturated rings. The maximum absolute atomic E-state index is 12.5. The zero-order chi connectivity index (χ0) is 30.9. The Labute approximate surface area is 253 Å². The highest BCUT2D eigenvalue weighted by molar-refractivity contribution is 5.76. The number of carboxylic acids is 1. The van der Waals surface area contributed by atoms with E-state index in [0.29, 0.717) is 36.2 Å². The van der Waals surface area contributed by atoms with E-state index in [1.807, 2.05) is 0 Å². The molecule has 0 saturated heterocycles. The lowest BCUT2D eigenvalue weighted by atomic mass is 9.32. The van der Waals surface area contributed by atoms with Gasteiger partial charge in [-0.05, 0) is 117 Å². The van der Waals surface area contributed by atoms with Gasteiger partial charge in [0.05, 0.1) is 19.4 Å². The minimum atomic E-state index is -0.962. The molecule has 10 atom stereocenters. The Morgan fingerprint density at radius 1 is 0.810 bits per heavy atom. The third kappa shape index (κ3) is 4.67. The Kier molecular flexibility index (Phi) is 8.00. The Balaban J connectivity index is 1.43. The second kappa shape index (κ2) is 10.6. The van der Waals surface area contributed by atoms with E-state index >= 15 is 0 Å². The summed E-state index contributed by atoms with van der Waals surface area (Å²) in [6, 6.07) is 0. The number of carbonyl (C=O) groups excluding carboxylic acids is 2. The molecule has 0 amide bonds. The fourth-order valence-electron chi connectivity index (χ4n) is 12.4. The van der Waals surface area contributed by atoms with Gasteiger partial charge in [0.1, 0.15) is 6.10 Å². The third-order valence-corrected chi connectivity index (χ3v) is 14.6. The molecular formula is C36H56O6. The van der Waals surface area contributed by atoms with Crippen LogP contribution in [0.2, 0.25) is 0 Å². The Hall–Kier alpha value is -1.85. The predicted molar refractivity (Wildman–Crippen MR) is 162 cm³/mol. The van der Waals surface area contributed by atoms with Gasteiger partial charge in [-0.25, -0.2) is 0 Å². The van der Waals surface area contributed by atoms with E-state index in [2.05, 4.69) is 48.1 Å². The van der Waals surface area contributed by atoms with Crippen LogP contribution in [-0.2, 0) is 23.9 Å². The standard InChI is InChI=1S/C36H56O6/c1-22(2)24-13-18-36(21-41-30(40)12-11-29(38)39)20-19-34(7)25(31(24)36)9-10-27-33(6)16-15-28(42-23(3)37)32(4,5)26(33)14-17-35(27,34)8/h24-28,31H,1,9-21H2,2-8H3,(H,38,39)/t24-,25-,26-,27+,28+,31-,33-,34+,35+,36+/m0/s1. The Morgan fingerprint density at radius 3 is 2.17 bits per heavy atom. The molecule has 0 spiro atoms. The first-order valence-electron chi connectivity index (χ1n) is 16.7. The fraction of sp³-hybridized carbons (Fsp3) is 0.861. The first kappa shape index (κ1) is 31.6. The number of esters is 2. The summed E-state index contributed by atoms with van der Waals surface area (Å²) in [6.07, 6.45) is 11.0. The molecule has 0 aromatic heterocycles. The highest BCUT2D eigenvalue weighted by atomic mass is 16.5. The Morgan fingerprint density at radius 2 is 1.52 bits per heavy atom. The number of fused-ring (bicyclic) bond motifs is 7. The van der Waals surface area contributed by atoms with Crippen LogP contribution in [0.5, 0.6) is 0 Å². The lowest BCUT2D eigenvalue weighted by molar-refractivity contribution is -0.252. The van der Waals surface area contributed by atoms with Gasteiger partial charge in [-0.15, -0.1) is 0 Å². The van der Waals surface area contributed by atoms with Gasteiger partial charge in [-0.2, -0.15) is 0 Å². The average molecular weight is 585 g/mol. The van der Waals surface area contributed by atoms with Crippen molar-refractivity contribution in [3.63, 3.8) is 0 Å². The molecule has 6 nitrogen and oxygen atoms in total. The van der Waals surface area contributed by atoms with Crippen LogP contribution in [0.15, 0.2) is 12.2 Å². The number of aliphatic carboxylic acids is 1. The molecule has 0 aromatic carbocycles. The molecule has 42 heavy (non-hydrogen) atoms. The van der Waals surface area contributed by atoms with Crippen molar-refractivity contribution in [3.8, 4) is 0 Å². The number of allylic oxidation sites excluding steroid dienone is 1. The largest absolute Gasteiger partial charge is 0.481 e. The second-order valence-corrected chi connectivity index (χ2v) is 16.6. The summed E-state index contributed by atoms with van der Waals surface area (Å²) < 4.78 is 11.8. The van der Waals surface area contributed by atoms with E-state index in [0.717, 1.165) is 38.5 Å². The van der Waals surface area contributed by atoms with Crippen LogP contribution >= 0.6 is 0 Å². The second-order valence-electron chi connectivity index (χ2n) is 16.6. The van der Waals surface area contributed by atoms with Crippen LogP contribution in [-0.4, -0.2) is 35.7 Å². The SMILES string of the molecule is C=C(C)[C@@H]1CC[C@]2(COC(=O)CCC(=O)O)CC[C@]3(C)[C@@H](CC[C@@H]4[C@@]5(C)CC[C@@H](OC(C)=O)C(C)(C)[C@@H]5CC[C@]43C)[C@H]12. The normalized spacial score (nSPS) is 45.4. The predicted octanol–water partition coefficient (Wildman–Crippen LogP) is 7.98. The zero-order valence-corrected chi connectivity index (χ0v) is 27.4. The third-order valence-electron chi connectivity index (χ3n) is 14.6. The first-order chi connectivity index (χ1) is 19.5. The number of carbonyl (C=O) groups is 3. The summed E-state index contributed by atoms with van der Waals surface area (Å²) in [5.41, 5.74) is 1.82. The van der Waals surface area contributed by atoms with Crippen LogP contribution in [0.3, 0.4) is 0 Å². The van der Waals surface area contributed by atoms with Gasteiger partial charge >= 0.3 is 17.9 Å². The van der Waals surface area contributed by atoms with Crippen LogP contribution in [0.4, 0.5) is 0 Å². The van der Waals surface area contributed by atoms with Crippen molar-refractivity contribution in [3.05, 3.63) is 12.2 Å². The highest BCUT2D eigenvalue weighted by Gasteiger charge is 2.71. The number of hydrogen-bond donors (Lipinski definition) is 1. The molecule has 5 aliphatic carbocycles. The first-order valence-corrected chi connectivity index (χ1v) is 16.7. The van der Waals surface area contributed by atoms with E-state index in [-0.39, 0.29) is 58.0 Å². The molecule has 0 radical (unpaired) electrons. The smallest absolute Gasteiger partial charge is 0.306 e. The summed E-state index contributed by atoms with van der Waals surface area (Å²) in [5.74, 6) is 1.10. The molecule has 5 rings (SSSR count). The van der Waals surface area contributed by atoms with Gasteiger partial charge in [0.25, 0.3) is 0 Å². The van der Waals surface area contributed by atoms with Crippen LogP contribution in [0.1, 0.15) is 126 Å².